The van der Waals surface area contributed by atoms with Gasteiger partial charge in [-0.25, -0.2) is 4.68 Å². The Balaban J connectivity index is 1.55. The summed E-state index contributed by atoms with van der Waals surface area (Å²) in [5.74, 6) is 0.193. The van der Waals surface area contributed by atoms with Crippen molar-refractivity contribution in [3.63, 3.8) is 0 Å². The van der Waals surface area contributed by atoms with Gasteiger partial charge in [0.25, 0.3) is 5.91 Å². The van der Waals surface area contributed by atoms with Crippen LogP contribution >= 0.6 is 11.3 Å². The van der Waals surface area contributed by atoms with Crippen LogP contribution in [0, 0.1) is 12.8 Å². The van der Waals surface area contributed by atoms with Crippen LogP contribution in [0.4, 0.5) is 0 Å². The third-order valence-electron chi connectivity index (χ3n) is 5.13. The smallest absolute Gasteiger partial charge is 0.264 e. The number of para-hydroxylation sites is 1. The van der Waals surface area contributed by atoms with E-state index in [4.69, 9.17) is 0 Å². The summed E-state index contributed by atoms with van der Waals surface area (Å²) >= 11 is 1.48. The average molecular weight is 397 g/mol. The zero-order chi connectivity index (χ0) is 19.8. The molecule has 0 unspecified atom stereocenters. The number of aromatic nitrogens is 2. The van der Waals surface area contributed by atoms with Gasteiger partial charge in [0.1, 0.15) is 4.83 Å². The molecule has 7 heteroatoms. The van der Waals surface area contributed by atoms with Crippen molar-refractivity contribution in [2.75, 3.05) is 26.2 Å². The van der Waals surface area contributed by atoms with Crippen molar-refractivity contribution in [2.45, 2.75) is 20.8 Å². The van der Waals surface area contributed by atoms with E-state index in [0.29, 0.717) is 26.2 Å². The predicted octanol–water partition coefficient (Wildman–Crippen LogP) is 3.34. The first-order valence-electron chi connectivity index (χ1n) is 9.58. The molecule has 4 rings (SSSR count). The minimum absolute atomic E-state index is 0.00578. The molecular formula is C21H24N4O2S. The van der Waals surface area contributed by atoms with Gasteiger partial charge in [0.15, 0.2) is 0 Å². The van der Waals surface area contributed by atoms with E-state index in [9.17, 15) is 9.59 Å². The van der Waals surface area contributed by atoms with Crippen LogP contribution < -0.4 is 0 Å². The van der Waals surface area contributed by atoms with Crippen LogP contribution in [0.25, 0.3) is 15.9 Å². The largest absolute Gasteiger partial charge is 0.339 e. The van der Waals surface area contributed by atoms with E-state index < -0.39 is 0 Å². The number of carbonyl (C=O) groups excluding carboxylic acids is 2. The van der Waals surface area contributed by atoms with Crippen molar-refractivity contribution in [1.29, 1.82) is 0 Å². The van der Waals surface area contributed by atoms with Crippen molar-refractivity contribution < 1.29 is 9.59 Å². The van der Waals surface area contributed by atoms with Crippen molar-refractivity contribution in [1.82, 2.24) is 19.6 Å². The van der Waals surface area contributed by atoms with Crippen molar-refractivity contribution in [2.24, 2.45) is 5.92 Å². The molecule has 0 bridgehead atoms. The maximum Gasteiger partial charge on any atom is 0.264 e. The van der Waals surface area contributed by atoms with E-state index in [1.807, 2.05) is 71.7 Å². The van der Waals surface area contributed by atoms with E-state index in [1.54, 1.807) is 0 Å². The Bertz CT molecular complexity index is 1010. The molecule has 0 saturated carbocycles. The lowest BCUT2D eigenvalue weighted by atomic mass is 10.1. The summed E-state index contributed by atoms with van der Waals surface area (Å²) in [5.41, 5.74) is 1.91. The van der Waals surface area contributed by atoms with Gasteiger partial charge in [0, 0.05) is 37.5 Å². The highest BCUT2D eigenvalue weighted by molar-refractivity contribution is 7.20. The van der Waals surface area contributed by atoms with Gasteiger partial charge in [-0.1, -0.05) is 32.0 Å². The maximum atomic E-state index is 13.0. The average Bonchev–Trinajstić information content (AvgIpc) is 3.28. The van der Waals surface area contributed by atoms with Crippen LogP contribution in [0.2, 0.25) is 0 Å². The molecule has 3 aromatic rings. The summed E-state index contributed by atoms with van der Waals surface area (Å²) < 4.78 is 1.91. The van der Waals surface area contributed by atoms with E-state index in [1.165, 1.54) is 11.3 Å². The fourth-order valence-electron chi connectivity index (χ4n) is 3.55. The molecule has 1 aromatic carbocycles. The molecule has 2 amide bonds. The number of fused-ring (bicyclic) bond motifs is 1. The van der Waals surface area contributed by atoms with Gasteiger partial charge < -0.3 is 9.80 Å². The van der Waals surface area contributed by atoms with Crippen molar-refractivity contribution in [3.8, 4) is 5.69 Å². The lowest BCUT2D eigenvalue weighted by Crippen LogP contribution is -2.51. The highest BCUT2D eigenvalue weighted by Crippen LogP contribution is 2.31. The quantitative estimate of drug-likeness (QED) is 0.682. The third kappa shape index (κ3) is 3.30. The standard InChI is InChI=1S/C21H24N4O2S/c1-14(2)19(26)23-9-11-24(12-10-23)20(27)18-13-17-15(3)22-25(21(17)28-18)16-7-5-4-6-8-16/h4-8,13-14H,9-12H2,1-3H3. The minimum atomic E-state index is -0.00578. The van der Waals surface area contributed by atoms with Gasteiger partial charge >= 0.3 is 0 Å². The number of hydrogen-bond donors (Lipinski definition) is 0. The van der Waals surface area contributed by atoms with Crippen molar-refractivity contribution in [3.05, 3.63) is 47.0 Å². The fraction of sp³-hybridized carbons (Fsp3) is 0.381. The van der Waals surface area contributed by atoms with E-state index in [0.717, 1.165) is 26.5 Å². The van der Waals surface area contributed by atoms with E-state index >= 15 is 0 Å². The Morgan fingerprint density at radius 1 is 1.04 bits per heavy atom. The Morgan fingerprint density at radius 3 is 2.32 bits per heavy atom. The summed E-state index contributed by atoms with van der Waals surface area (Å²) in [7, 11) is 0. The SMILES string of the molecule is Cc1nn(-c2ccccc2)c2sc(C(=O)N3CCN(C(=O)C(C)C)CC3)cc12. The van der Waals surface area contributed by atoms with Crippen LogP contribution in [-0.2, 0) is 4.79 Å². The van der Waals surface area contributed by atoms with Gasteiger partial charge in [-0.2, -0.15) is 5.10 Å². The fourth-order valence-corrected chi connectivity index (χ4v) is 4.70. The Labute approximate surface area is 168 Å². The van der Waals surface area contributed by atoms with Crippen LogP contribution in [0.15, 0.2) is 36.4 Å². The van der Waals surface area contributed by atoms with Gasteiger partial charge in [-0.05, 0) is 25.1 Å². The van der Waals surface area contributed by atoms with Gasteiger partial charge in [-0.3, -0.25) is 9.59 Å². The molecule has 1 fully saturated rings. The monoisotopic (exact) mass is 396 g/mol. The second-order valence-corrected chi connectivity index (χ2v) is 8.47. The molecule has 1 aliphatic heterocycles. The van der Waals surface area contributed by atoms with Crippen molar-refractivity contribution >= 4 is 33.4 Å². The molecule has 0 radical (unpaired) electrons. The number of rotatable bonds is 3. The first-order valence-corrected chi connectivity index (χ1v) is 10.4. The second-order valence-electron chi connectivity index (χ2n) is 7.43. The molecule has 0 N–H and O–H groups in total. The normalized spacial score (nSPS) is 14.9. The Kier molecular flexibility index (Phi) is 4.93. The number of nitrogens with zero attached hydrogens (tertiary/aromatic N) is 4. The summed E-state index contributed by atoms with van der Waals surface area (Å²) in [6, 6.07) is 11.9. The maximum absolute atomic E-state index is 13.0. The summed E-state index contributed by atoms with van der Waals surface area (Å²) in [5, 5.41) is 5.66. The molecule has 6 nitrogen and oxygen atoms in total. The first kappa shape index (κ1) is 18.7. The molecular weight excluding hydrogens is 372 g/mol. The van der Waals surface area contributed by atoms with Crippen LogP contribution in [0.1, 0.15) is 29.2 Å². The highest BCUT2D eigenvalue weighted by atomic mass is 32.1. The van der Waals surface area contributed by atoms with E-state index in [2.05, 4.69) is 5.10 Å². The lowest BCUT2D eigenvalue weighted by Gasteiger charge is -2.35. The molecule has 0 aliphatic carbocycles. The van der Waals surface area contributed by atoms with Gasteiger partial charge in [-0.15, -0.1) is 11.3 Å². The van der Waals surface area contributed by atoms with Crippen LogP contribution in [0.5, 0.6) is 0 Å². The number of carbonyl (C=O) groups is 2. The lowest BCUT2D eigenvalue weighted by molar-refractivity contribution is -0.135. The van der Waals surface area contributed by atoms with E-state index in [-0.39, 0.29) is 17.7 Å². The molecule has 0 spiro atoms. The number of amides is 2. The predicted molar refractivity (Wildman–Crippen MR) is 111 cm³/mol. The number of aryl methyl sites for hydroxylation is 1. The molecule has 0 atom stereocenters. The molecule has 2 aromatic heterocycles. The summed E-state index contributed by atoms with van der Waals surface area (Å²) in [6.45, 7) is 8.16. The zero-order valence-corrected chi connectivity index (χ0v) is 17.2. The van der Waals surface area contributed by atoms with Gasteiger partial charge in [0.05, 0.1) is 16.3 Å². The molecule has 146 valence electrons. The second kappa shape index (κ2) is 7.39. The Hall–Kier alpha value is -2.67. The summed E-state index contributed by atoms with van der Waals surface area (Å²) in [6.07, 6.45) is 0. The topological polar surface area (TPSA) is 58.4 Å². The van der Waals surface area contributed by atoms with Gasteiger partial charge in [0.2, 0.25) is 5.91 Å². The van der Waals surface area contributed by atoms with Crippen LogP contribution in [0.3, 0.4) is 0 Å². The third-order valence-corrected chi connectivity index (χ3v) is 6.23. The zero-order valence-electron chi connectivity index (χ0n) is 16.4. The number of benzene rings is 1. The number of piperazine rings is 1. The highest BCUT2D eigenvalue weighted by Gasteiger charge is 2.27. The first-order chi connectivity index (χ1) is 13.5. The summed E-state index contributed by atoms with van der Waals surface area (Å²) in [4.78, 5) is 30.6. The molecule has 1 saturated heterocycles. The molecule has 3 heterocycles. The minimum Gasteiger partial charge on any atom is -0.339 e. The number of hydrogen-bond acceptors (Lipinski definition) is 4. The van der Waals surface area contributed by atoms with Crippen LogP contribution in [-0.4, -0.2) is 57.6 Å². The molecule has 1 aliphatic rings. The molecule has 28 heavy (non-hydrogen) atoms. The number of thiophene rings is 1. The Morgan fingerprint density at radius 2 is 1.68 bits per heavy atom.